The molecule has 162 valence electrons. The molecule has 4 nitrogen and oxygen atoms in total. The molecule has 1 aromatic heterocycles. The Bertz CT molecular complexity index is 1520. The fraction of sp³-hybridized carbons (Fsp3) is 0.222. The molecule has 5 aromatic rings. The monoisotopic (exact) mass is 429 g/mol. The minimum Gasteiger partial charge on any atom is -0.497 e. The SMILES string of the molecule is CCCCOC(=O)c1cc2c3cc(OC)ccc3ccc2c2c3cc(F)ccc3n(C)c12. The number of hydrogen-bond donors (Lipinski definition) is 0. The number of halogens is 1. The normalized spacial score (nSPS) is 11.6. The van der Waals surface area contributed by atoms with Gasteiger partial charge in [-0.3, -0.25) is 0 Å². The van der Waals surface area contributed by atoms with Crippen molar-refractivity contribution in [3.8, 4) is 5.75 Å². The number of benzene rings is 4. The van der Waals surface area contributed by atoms with E-state index in [4.69, 9.17) is 9.47 Å². The summed E-state index contributed by atoms with van der Waals surface area (Å²) in [6, 6.07) is 16.6. The van der Waals surface area contributed by atoms with Crippen molar-refractivity contribution in [3.05, 3.63) is 66.0 Å². The summed E-state index contributed by atoms with van der Waals surface area (Å²) in [5, 5.41) is 5.51. The van der Waals surface area contributed by atoms with Gasteiger partial charge in [-0.15, -0.1) is 0 Å². The van der Waals surface area contributed by atoms with E-state index in [2.05, 4.69) is 6.92 Å². The summed E-state index contributed by atoms with van der Waals surface area (Å²) in [5.74, 6) is 0.0642. The predicted octanol–water partition coefficient (Wildman–Crippen LogP) is 6.74. The van der Waals surface area contributed by atoms with E-state index in [1.54, 1.807) is 19.2 Å². The number of methoxy groups -OCH3 is 1. The van der Waals surface area contributed by atoms with Crippen LogP contribution in [-0.2, 0) is 11.8 Å². The molecule has 0 spiro atoms. The van der Waals surface area contributed by atoms with Crippen LogP contribution in [0.1, 0.15) is 30.1 Å². The van der Waals surface area contributed by atoms with E-state index >= 15 is 0 Å². The number of esters is 1. The van der Waals surface area contributed by atoms with Crippen LogP contribution >= 0.6 is 0 Å². The Morgan fingerprint density at radius 1 is 0.969 bits per heavy atom. The van der Waals surface area contributed by atoms with E-state index in [1.807, 2.05) is 48.0 Å². The molecular weight excluding hydrogens is 405 g/mol. The van der Waals surface area contributed by atoms with Crippen LogP contribution in [-0.4, -0.2) is 24.3 Å². The highest BCUT2D eigenvalue weighted by atomic mass is 19.1. The van der Waals surface area contributed by atoms with Gasteiger partial charge in [0.1, 0.15) is 11.6 Å². The molecule has 0 radical (unpaired) electrons. The number of unbranched alkanes of at least 4 members (excludes halogenated alkanes) is 1. The first-order valence-corrected chi connectivity index (χ1v) is 10.8. The fourth-order valence-corrected chi connectivity index (χ4v) is 4.58. The Morgan fingerprint density at radius 2 is 1.78 bits per heavy atom. The van der Waals surface area contributed by atoms with Crippen molar-refractivity contribution in [1.82, 2.24) is 4.57 Å². The van der Waals surface area contributed by atoms with E-state index in [0.717, 1.165) is 61.9 Å². The van der Waals surface area contributed by atoms with E-state index in [0.29, 0.717) is 12.2 Å². The molecule has 0 unspecified atom stereocenters. The topological polar surface area (TPSA) is 40.5 Å². The molecule has 4 aromatic carbocycles. The van der Waals surface area contributed by atoms with Crippen LogP contribution < -0.4 is 4.74 Å². The second-order valence-corrected chi connectivity index (χ2v) is 8.11. The summed E-state index contributed by atoms with van der Waals surface area (Å²) in [7, 11) is 3.54. The minimum absolute atomic E-state index is 0.309. The van der Waals surface area contributed by atoms with Gasteiger partial charge >= 0.3 is 5.97 Å². The van der Waals surface area contributed by atoms with Gasteiger partial charge in [-0.1, -0.05) is 31.5 Å². The first-order chi connectivity index (χ1) is 15.5. The number of carbonyl (C=O) groups is 1. The molecular formula is C27H24FNO3. The number of nitrogens with zero attached hydrogens (tertiary/aromatic N) is 1. The van der Waals surface area contributed by atoms with Crippen molar-refractivity contribution < 1.29 is 18.7 Å². The first-order valence-electron chi connectivity index (χ1n) is 10.8. The summed E-state index contributed by atoms with van der Waals surface area (Å²) in [6.07, 6.45) is 1.75. The highest BCUT2D eigenvalue weighted by Gasteiger charge is 2.22. The Labute approximate surface area is 185 Å². The molecule has 0 bridgehead atoms. The average Bonchev–Trinajstić information content (AvgIpc) is 3.10. The van der Waals surface area contributed by atoms with E-state index in [-0.39, 0.29) is 11.8 Å². The minimum atomic E-state index is -0.364. The van der Waals surface area contributed by atoms with Gasteiger partial charge in [-0.05, 0) is 64.4 Å². The van der Waals surface area contributed by atoms with Crippen LogP contribution in [0.4, 0.5) is 4.39 Å². The van der Waals surface area contributed by atoms with Crippen molar-refractivity contribution in [2.75, 3.05) is 13.7 Å². The summed E-state index contributed by atoms with van der Waals surface area (Å²) >= 11 is 0. The van der Waals surface area contributed by atoms with Crippen LogP contribution in [0.15, 0.2) is 54.6 Å². The Balaban J connectivity index is 1.94. The molecule has 5 heteroatoms. The lowest BCUT2D eigenvalue weighted by atomic mass is 9.95. The smallest absolute Gasteiger partial charge is 0.340 e. The van der Waals surface area contributed by atoms with Crippen LogP contribution in [0.3, 0.4) is 0 Å². The van der Waals surface area contributed by atoms with Crippen molar-refractivity contribution in [2.24, 2.45) is 7.05 Å². The highest BCUT2D eigenvalue weighted by molar-refractivity contribution is 6.28. The van der Waals surface area contributed by atoms with Gasteiger partial charge < -0.3 is 14.0 Å². The lowest BCUT2D eigenvalue weighted by Gasteiger charge is -2.12. The standard InChI is InChI=1S/C27H24FNO3/c1-4-5-12-32-27(30)23-15-21-19(10-7-16-6-9-18(31-3)14-20(16)21)25-22-13-17(28)8-11-24(22)29(2)26(23)25/h6-11,13-15H,4-5,12H2,1-3H3. The third-order valence-electron chi connectivity index (χ3n) is 6.20. The molecule has 0 atom stereocenters. The molecule has 0 fully saturated rings. The first kappa shape index (κ1) is 20.3. The number of fused-ring (bicyclic) bond motifs is 7. The van der Waals surface area contributed by atoms with E-state index in [9.17, 15) is 9.18 Å². The number of aryl methyl sites for hydroxylation is 1. The van der Waals surface area contributed by atoms with E-state index < -0.39 is 0 Å². The van der Waals surface area contributed by atoms with Crippen LogP contribution in [0, 0.1) is 5.82 Å². The van der Waals surface area contributed by atoms with Gasteiger partial charge in [0.2, 0.25) is 0 Å². The predicted molar refractivity (Wildman–Crippen MR) is 127 cm³/mol. The zero-order valence-electron chi connectivity index (χ0n) is 18.4. The van der Waals surface area contributed by atoms with Crippen molar-refractivity contribution in [1.29, 1.82) is 0 Å². The van der Waals surface area contributed by atoms with Gasteiger partial charge in [-0.25, -0.2) is 9.18 Å². The number of hydrogen-bond acceptors (Lipinski definition) is 3. The molecule has 0 saturated heterocycles. The van der Waals surface area contributed by atoms with Crippen molar-refractivity contribution >= 4 is 49.3 Å². The summed E-state index contributed by atoms with van der Waals surface area (Å²) in [5.41, 5.74) is 2.10. The number of rotatable bonds is 5. The maximum atomic E-state index is 14.3. The molecule has 0 saturated carbocycles. The second kappa shape index (κ2) is 7.83. The molecule has 0 aliphatic carbocycles. The molecule has 5 rings (SSSR count). The van der Waals surface area contributed by atoms with Gasteiger partial charge in [0.25, 0.3) is 0 Å². The largest absolute Gasteiger partial charge is 0.497 e. The van der Waals surface area contributed by atoms with E-state index in [1.165, 1.54) is 6.07 Å². The van der Waals surface area contributed by atoms with Crippen LogP contribution in [0.2, 0.25) is 0 Å². The average molecular weight is 429 g/mol. The van der Waals surface area contributed by atoms with Gasteiger partial charge in [-0.2, -0.15) is 0 Å². The Hall–Kier alpha value is -3.60. The summed E-state index contributed by atoms with van der Waals surface area (Å²) in [6.45, 7) is 2.43. The zero-order chi connectivity index (χ0) is 22.4. The summed E-state index contributed by atoms with van der Waals surface area (Å²) < 4.78 is 27.3. The third kappa shape index (κ3) is 3.08. The van der Waals surface area contributed by atoms with Crippen molar-refractivity contribution in [2.45, 2.75) is 19.8 Å². The molecule has 0 aliphatic heterocycles. The maximum Gasteiger partial charge on any atom is 0.340 e. The van der Waals surface area contributed by atoms with Gasteiger partial charge in [0.05, 0.1) is 24.8 Å². The fourth-order valence-electron chi connectivity index (χ4n) is 4.58. The molecule has 0 amide bonds. The van der Waals surface area contributed by atoms with Crippen LogP contribution in [0.5, 0.6) is 5.75 Å². The number of aromatic nitrogens is 1. The second-order valence-electron chi connectivity index (χ2n) is 8.11. The van der Waals surface area contributed by atoms with Crippen LogP contribution in [0.25, 0.3) is 43.4 Å². The zero-order valence-corrected chi connectivity index (χ0v) is 18.4. The highest BCUT2D eigenvalue weighted by Crippen LogP contribution is 2.40. The van der Waals surface area contributed by atoms with Gasteiger partial charge in [0, 0.05) is 23.3 Å². The number of carbonyl (C=O) groups excluding carboxylic acids is 1. The van der Waals surface area contributed by atoms with Gasteiger partial charge in [0.15, 0.2) is 0 Å². The Kier molecular flexibility index (Phi) is 4.97. The number of ether oxygens (including phenoxy) is 2. The molecule has 0 aliphatic rings. The lowest BCUT2D eigenvalue weighted by molar-refractivity contribution is 0.0502. The lowest BCUT2D eigenvalue weighted by Crippen LogP contribution is -2.08. The quantitative estimate of drug-likeness (QED) is 0.176. The third-order valence-corrected chi connectivity index (χ3v) is 6.20. The molecule has 0 N–H and O–H groups in total. The summed E-state index contributed by atoms with van der Waals surface area (Å²) in [4.78, 5) is 13.2. The van der Waals surface area contributed by atoms with Crippen molar-refractivity contribution in [3.63, 3.8) is 0 Å². The maximum absolute atomic E-state index is 14.3. The molecule has 32 heavy (non-hydrogen) atoms. The Morgan fingerprint density at radius 3 is 2.56 bits per heavy atom. The molecule has 1 heterocycles.